The van der Waals surface area contributed by atoms with Gasteiger partial charge in [-0.15, -0.1) is 0 Å². The number of aromatic nitrogens is 1. The van der Waals surface area contributed by atoms with Crippen molar-refractivity contribution in [1.82, 2.24) is 10.3 Å². The van der Waals surface area contributed by atoms with Crippen molar-refractivity contribution >= 4 is 0 Å². The number of nitrogens with one attached hydrogen (secondary N) is 1. The standard InChI is InChI=1S/C18H19F3N2O2/c19-18(20,21)12-25-17-8-7-13(11-23-17)10-22-15-5-3-9-24-16-6-2-1-4-14(15)16/h1-2,4,6-8,11,15,22H,3,5,9-10,12H2. The lowest BCUT2D eigenvalue weighted by Gasteiger charge is -2.18. The Morgan fingerprint density at radius 1 is 1.20 bits per heavy atom. The molecule has 1 N–H and O–H groups in total. The third kappa shape index (κ3) is 5.09. The fourth-order valence-corrected chi connectivity index (χ4v) is 2.73. The molecule has 4 nitrogen and oxygen atoms in total. The maximum Gasteiger partial charge on any atom is 0.422 e. The summed E-state index contributed by atoms with van der Waals surface area (Å²) in [6, 6.07) is 11.3. The van der Waals surface area contributed by atoms with Gasteiger partial charge in [-0.3, -0.25) is 0 Å². The van der Waals surface area contributed by atoms with E-state index in [0.29, 0.717) is 13.2 Å². The van der Waals surface area contributed by atoms with Crippen LogP contribution in [0.1, 0.15) is 30.0 Å². The van der Waals surface area contributed by atoms with Gasteiger partial charge in [0.15, 0.2) is 6.61 Å². The fourth-order valence-electron chi connectivity index (χ4n) is 2.73. The summed E-state index contributed by atoms with van der Waals surface area (Å²) in [6.45, 7) is -0.0794. The molecule has 2 aromatic rings. The quantitative estimate of drug-likeness (QED) is 0.882. The second-order valence-corrected chi connectivity index (χ2v) is 5.87. The van der Waals surface area contributed by atoms with Crippen LogP contribution < -0.4 is 14.8 Å². The molecule has 134 valence electrons. The fraction of sp³-hybridized carbons (Fsp3) is 0.389. The highest BCUT2D eigenvalue weighted by atomic mass is 19.4. The molecule has 1 aromatic heterocycles. The Balaban J connectivity index is 1.58. The zero-order valence-corrected chi connectivity index (χ0v) is 13.6. The van der Waals surface area contributed by atoms with E-state index in [9.17, 15) is 13.2 Å². The van der Waals surface area contributed by atoms with Gasteiger partial charge in [-0.25, -0.2) is 4.98 Å². The van der Waals surface area contributed by atoms with Gasteiger partial charge in [0, 0.05) is 30.4 Å². The molecule has 1 aliphatic rings. The van der Waals surface area contributed by atoms with Gasteiger partial charge in [-0.1, -0.05) is 24.3 Å². The number of rotatable bonds is 5. The number of para-hydroxylation sites is 1. The summed E-state index contributed by atoms with van der Waals surface area (Å²) in [5.41, 5.74) is 2.00. The third-order valence-corrected chi connectivity index (χ3v) is 3.92. The van der Waals surface area contributed by atoms with E-state index in [2.05, 4.69) is 15.0 Å². The van der Waals surface area contributed by atoms with Gasteiger partial charge >= 0.3 is 6.18 Å². The molecule has 1 atom stereocenters. The lowest BCUT2D eigenvalue weighted by Crippen LogP contribution is -2.21. The first-order chi connectivity index (χ1) is 12.0. The summed E-state index contributed by atoms with van der Waals surface area (Å²) < 4.78 is 46.7. The molecular formula is C18H19F3N2O2. The van der Waals surface area contributed by atoms with Crippen molar-refractivity contribution in [3.05, 3.63) is 53.7 Å². The van der Waals surface area contributed by atoms with Gasteiger partial charge in [0.1, 0.15) is 5.75 Å². The molecule has 7 heteroatoms. The number of fused-ring (bicyclic) bond motifs is 1. The van der Waals surface area contributed by atoms with E-state index in [1.165, 1.54) is 12.3 Å². The highest BCUT2D eigenvalue weighted by molar-refractivity contribution is 5.36. The first-order valence-corrected chi connectivity index (χ1v) is 8.11. The second-order valence-electron chi connectivity index (χ2n) is 5.87. The van der Waals surface area contributed by atoms with Crippen LogP contribution in [0.15, 0.2) is 42.6 Å². The van der Waals surface area contributed by atoms with Crippen molar-refractivity contribution in [2.24, 2.45) is 0 Å². The zero-order valence-electron chi connectivity index (χ0n) is 13.6. The van der Waals surface area contributed by atoms with Crippen molar-refractivity contribution in [3.63, 3.8) is 0 Å². The minimum absolute atomic E-state index is 0.0331. The van der Waals surface area contributed by atoms with Crippen molar-refractivity contribution in [3.8, 4) is 11.6 Å². The molecular weight excluding hydrogens is 333 g/mol. The van der Waals surface area contributed by atoms with Crippen molar-refractivity contribution in [2.45, 2.75) is 31.6 Å². The summed E-state index contributed by atoms with van der Waals surface area (Å²) in [5.74, 6) is 0.862. The number of benzene rings is 1. The normalized spacial score (nSPS) is 17.3. The molecule has 0 spiro atoms. The number of ether oxygens (including phenoxy) is 2. The Morgan fingerprint density at radius 2 is 2.04 bits per heavy atom. The summed E-state index contributed by atoms with van der Waals surface area (Å²) in [7, 11) is 0. The molecule has 0 saturated carbocycles. The Labute approximate surface area is 144 Å². The maximum absolute atomic E-state index is 12.1. The summed E-state index contributed by atoms with van der Waals surface area (Å²) in [5, 5.41) is 3.47. The number of pyridine rings is 1. The summed E-state index contributed by atoms with van der Waals surface area (Å²) in [6.07, 6.45) is -0.930. The van der Waals surface area contributed by atoms with E-state index < -0.39 is 12.8 Å². The molecule has 0 fully saturated rings. The molecule has 2 heterocycles. The summed E-state index contributed by atoms with van der Waals surface area (Å²) >= 11 is 0. The van der Waals surface area contributed by atoms with E-state index in [-0.39, 0.29) is 11.9 Å². The van der Waals surface area contributed by atoms with Gasteiger partial charge in [0.05, 0.1) is 6.61 Å². The molecule has 25 heavy (non-hydrogen) atoms. The van der Waals surface area contributed by atoms with Crippen LogP contribution in [0.2, 0.25) is 0 Å². The summed E-state index contributed by atoms with van der Waals surface area (Å²) in [4.78, 5) is 3.92. The van der Waals surface area contributed by atoms with Crippen LogP contribution in [-0.4, -0.2) is 24.4 Å². The molecule has 0 saturated heterocycles. The first-order valence-electron chi connectivity index (χ1n) is 8.11. The predicted molar refractivity (Wildman–Crippen MR) is 86.5 cm³/mol. The van der Waals surface area contributed by atoms with E-state index >= 15 is 0 Å². The number of alkyl halides is 3. The topological polar surface area (TPSA) is 43.4 Å². The van der Waals surface area contributed by atoms with Gasteiger partial charge < -0.3 is 14.8 Å². The maximum atomic E-state index is 12.1. The number of hydrogen-bond donors (Lipinski definition) is 1. The molecule has 0 aliphatic carbocycles. The number of nitrogens with zero attached hydrogens (tertiary/aromatic N) is 1. The average Bonchev–Trinajstić information content (AvgIpc) is 2.81. The highest BCUT2D eigenvalue weighted by Crippen LogP contribution is 2.31. The third-order valence-electron chi connectivity index (χ3n) is 3.92. The molecule has 1 aromatic carbocycles. The minimum Gasteiger partial charge on any atom is -0.493 e. The number of halogens is 3. The van der Waals surface area contributed by atoms with Gasteiger partial charge in [0.25, 0.3) is 0 Å². The van der Waals surface area contributed by atoms with Crippen LogP contribution in [0.4, 0.5) is 13.2 Å². The van der Waals surface area contributed by atoms with Gasteiger partial charge in [-0.2, -0.15) is 13.2 Å². The van der Waals surface area contributed by atoms with E-state index in [1.807, 2.05) is 24.3 Å². The highest BCUT2D eigenvalue weighted by Gasteiger charge is 2.28. The lowest BCUT2D eigenvalue weighted by molar-refractivity contribution is -0.154. The second kappa shape index (κ2) is 7.74. The average molecular weight is 352 g/mol. The first kappa shape index (κ1) is 17.5. The van der Waals surface area contributed by atoms with E-state index in [4.69, 9.17) is 4.74 Å². The van der Waals surface area contributed by atoms with Crippen molar-refractivity contribution in [1.29, 1.82) is 0 Å². The van der Waals surface area contributed by atoms with Crippen molar-refractivity contribution < 1.29 is 22.6 Å². The van der Waals surface area contributed by atoms with E-state index in [1.54, 1.807) is 6.07 Å². The van der Waals surface area contributed by atoms with E-state index in [0.717, 1.165) is 29.7 Å². The van der Waals surface area contributed by atoms with Gasteiger partial charge in [0.2, 0.25) is 5.88 Å². The minimum atomic E-state index is -4.36. The zero-order chi connectivity index (χ0) is 17.7. The Morgan fingerprint density at radius 3 is 2.80 bits per heavy atom. The molecule has 1 unspecified atom stereocenters. The lowest BCUT2D eigenvalue weighted by atomic mass is 10.0. The molecule has 3 rings (SSSR count). The molecule has 1 aliphatic heterocycles. The Hall–Kier alpha value is -2.28. The smallest absolute Gasteiger partial charge is 0.422 e. The van der Waals surface area contributed by atoms with Crippen molar-refractivity contribution in [2.75, 3.05) is 13.2 Å². The van der Waals surface area contributed by atoms with Crippen LogP contribution in [0.3, 0.4) is 0 Å². The predicted octanol–water partition coefficient (Wildman–Crippen LogP) is 4.03. The molecule has 0 amide bonds. The van der Waals surface area contributed by atoms with Gasteiger partial charge in [-0.05, 0) is 24.5 Å². The molecule has 0 bridgehead atoms. The Bertz CT molecular complexity index is 689. The largest absolute Gasteiger partial charge is 0.493 e. The Kier molecular flexibility index (Phi) is 5.43. The monoisotopic (exact) mass is 352 g/mol. The SMILES string of the molecule is FC(F)(F)COc1ccc(CNC2CCCOc3ccccc32)cn1. The van der Waals surface area contributed by atoms with Crippen LogP contribution in [0, 0.1) is 0 Å². The van der Waals surface area contributed by atoms with Crippen LogP contribution in [-0.2, 0) is 6.54 Å². The van der Waals surface area contributed by atoms with Crippen LogP contribution in [0.5, 0.6) is 11.6 Å². The molecule has 0 radical (unpaired) electrons. The number of hydrogen-bond acceptors (Lipinski definition) is 4. The van der Waals surface area contributed by atoms with Crippen LogP contribution in [0.25, 0.3) is 0 Å². The van der Waals surface area contributed by atoms with Crippen LogP contribution >= 0.6 is 0 Å².